The van der Waals surface area contributed by atoms with Crippen LogP contribution in [0.5, 0.6) is 0 Å². The first-order chi connectivity index (χ1) is 12.1. The monoisotopic (exact) mass is 346 g/mol. The minimum atomic E-state index is 0.573. The molecule has 0 bridgehead atoms. The Hall–Kier alpha value is -1.18. The van der Waals surface area contributed by atoms with E-state index < -0.39 is 0 Å². The molecule has 0 atom stereocenters. The van der Waals surface area contributed by atoms with Gasteiger partial charge < -0.3 is 10.2 Å². The standard InChI is InChI=1S/C23H42N2/c1-6-13-23(14-7-2)25(8-3)19-20(4)21(5)24-18-12-17-22-15-10-9-11-16-22/h8,22-24H,3-7,9-19H2,1-2H3. The second-order valence-corrected chi connectivity index (χ2v) is 7.74. The van der Waals surface area contributed by atoms with Crippen molar-refractivity contribution in [2.75, 3.05) is 13.1 Å². The van der Waals surface area contributed by atoms with Gasteiger partial charge in [0, 0.05) is 24.8 Å². The molecule has 0 spiro atoms. The smallest absolute Gasteiger partial charge is 0.0441 e. The van der Waals surface area contributed by atoms with Gasteiger partial charge in [0.15, 0.2) is 0 Å². The summed E-state index contributed by atoms with van der Waals surface area (Å²) in [6.45, 7) is 18.9. The van der Waals surface area contributed by atoms with Crippen molar-refractivity contribution in [1.29, 1.82) is 0 Å². The lowest BCUT2D eigenvalue weighted by Gasteiger charge is -2.31. The fraction of sp³-hybridized carbons (Fsp3) is 0.739. The highest BCUT2D eigenvalue weighted by Crippen LogP contribution is 2.27. The van der Waals surface area contributed by atoms with Gasteiger partial charge in [-0.3, -0.25) is 0 Å². The van der Waals surface area contributed by atoms with Crippen molar-refractivity contribution in [3.63, 3.8) is 0 Å². The maximum Gasteiger partial charge on any atom is 0.0441 e. The summed E-state index contributed by atoms with van der Waals surface area (Å²) < 4.78 is 0. The molecule has 0 aromatic carbocycles. The molecule has 1 saturated carbocycles. The van der Waals surface area contributed by atoms with Crippen molar-refractivity contribution in [3.05, 3.63) is 37.2 Å². The third-order valence-corrected chi connectivity index (χ3v) is 5.60. The Morgan fingerprint density at radius 1 is 1.12 bits per heavy atom. The van der Waals surface area contributed by atoms with E-state index in [4.69, 9.17) is 0 Å². The van der Waals surface area contributed by atoms with Gasteiger partial charge in [0.25, 0.3) is 0 Å². The first kappa shape index (κ1) is 21.9. The van der Waals surface area contributed by atoms with Crippen molar-refractivity contribution < 1.29 is 0 Å². The van der Waals surface area contributed by atoms with Gasteiger partial charge >= 0.3 is 0 Å². The Kier molecular flexibility index (Phi) is 11.4. The molecule has 0 unspecified atom stereocenters. The molecule has 144 valence electrons. The molecule has 0 aromatic rings. The Morgan fingerprint density at radius 3 is 2.32 bits per heavy atom. The molecule has 2 heteroatoms. The molecule has 0 aliphatic heterocycles. The topological polar surface area (TPSA) is 15.3 Å². The Morgan fingerprint density at radius 2 is 1.76 bits per heavy atom. The number of nitrogens with one attached hydrogen (secondary N) is 1. The highest BCUT2D eigenvalue weighted by atomic mass is 15.1. The van der Waals surface area contributed by atoms with E-state index in [1.165, 1.54) is 70.6 Å². The predicted molar refractivity (Wildman–Crippen MR) is 113 cm³/mol. The lowest BCUT2D eigenvalue weighted by Crippen LogP contribution is -2.33. The summed E-state index contributed by atoms with van der Waals surface area (Å²) in [7, 11) is 0. The molecule has 0 radical (unpaired) electrons. The fourth-order valence-corrected chi connectivity index (χ4v) is 4.03. The lowest BCUT2D eigenvalue weighted by molar-refractivity contribution is 0.264. The predicted octanol–water partition coefficient (Wildman–Crippen LogP) is 6.42. The van der Waals surface area contributed by atoms with Gasteiger partial charge in [-0.25, -0.2) is 0 Å². The van der Waals surface area contributed by atoms with Gasteiger partial charge in [-0.2, -0.15) is 0 Å². The average Bonchev–Trinajstić information content (AvgIpc) is 2.63. The van der Waals surface area contributed by atoms with E-state index in [1.54, 1.807) is 0 Å². The van der Waals surface area contributed by atoms with E-state index in [1.807, 2.05) is 6.20 Å². The molecule has 1 rings (SSSR count). The van der Waals surface area contributed by atoms with Crippen molar-refractivity contribution in [2.45, 2.75) is 90.5 Å². The van der Waals surface area contributed by atoms with Crippen LogP contribution in [0, 0.1) is 5.92 Å². The Bertz CT molecular complexity index is 387. The van der Waals surface area contributed by atoms with E-state index in [0.29, 0.717) is 6.04 Å². The zero-order valence-electron chi connectivity index (χ0n) is 17.0. The summed E-state index contributed by atoms with van der Waals surface area (Å²) in [5.74, 6) is 0.965. The molecule has 0 saturated heterocycles. The van der Waals surface area contributed by atoms with E-state index in [2.05, 4.69) is 43.8 Å². The van der Waals surface area contributed by atoms with Crippen molar-refractivity contribution in [2.24, 2.45) is 5.92 Å². The van der Waals surface area contributed by atoms with E-state index >= 15 is 0 Å². The second-order valence-electron chi connectivity index (χ2n) is 7.74. The van der Waals surface area contributed by atoms with Crippen molar-refractivity contribution >= 4 is 0 Å². The molecule has 1 fully saturated rings. The van der Waals surface area contributed by atoms with Crippen LogP contribution in [-0.2, 0) is 0 Å². The largest absolute Gasteiger partial charge is 0.385 e. The molecule has 0 aromatic heterocycles. The molecule has 25 heavy (non-hydrogen) atoms. The lowest BCUT2D eigenvalue weighted by atomic mass is 9.86. The Balaban J connectivity index is 2.30. The maximum absolute atomic E-state index is 4.26. The van der Waals surface area contributed by atoms with Gasteiger partial charge in [0.1, 0.15) is 0 Å². The average molecular weight is 347 g/mol. The van der Waals surface area contributed by atoms with E-state index in [9.17, 15) is 0 Å². The van der Waals surface area contributed by atoms with Crippen LogP contribution < -0.4 is 5.32 Å². The fourth-order valence-electron chi connectivity index (χ4n) is 4.03. The third-order valence-electron chi connectivity index (χ3n) is 5.60. The van der Waals surface area contributed by atoms with E-state index in [-0.39, 0.29) is 0 Å². The molecular formula is C23H42N2. The SMILES string of the molecule is C=CN(CC(=C)C(=C)NCCCC1CCCCC1)C(CCC)CCC. The molecule has 0 amide bonds. The summed E-state index contributed by atoms with van der Waals surface area (Å²) in [5, 5.41) is 3.50. The van der Waals surface area contributed by atoms with Gasteiger partial charge in [0.2, 0.25) is 0 Å². The van der Waals surface area contributed by atoms with Crippen LogP contribution in [0.2, 0.25) is 0 Å². The van der Waals surface area contributed by atoms with Crippen LogP contribution in [-0.4, -0.2) is 24.0 Å². The zero-order valence-corrected chi connectivity index (χ0v) is 17.0. The highest BCUT2D eigenvalue weighted by Gasteiger charge is 2.15. The number of rotatable bonds is 14. The quantitative estimate of drug-likeness (QED) is 0.288. The van der Waals surface area contributed by atoms with Crippen LogP contribution in [0.1, 0.15) is 84.5 Å². The molecular weight excluding hydrogens is 304 g/mol. The van der Waals surface area contributed by atoms with Gasteiger partial charge in [0.05, 0.1) is 0 Å². The van der Waals surface area contributed by atoms with Crippen LogP contribution in [0.25, 0.3) is 0 Å². The molecule has 1 aliphatic rings. The normalized spacial score (nSPS) is 15.2. The number of nitrogens with zero attached hydrogens (tertiary/aromatic N) is 1. The summed E-state index contributed by atoms with van der Waals surface area (Å²) in [6.07, 6.45) is 16.7. The first-order valence-electron chi connectivity index (χ1n) is 10.6. The first-order valence-corrected chi connectivity index (χ1v) is 10.6. The number of hydrogen-bond donors (Lipinski definition) is 1. The van der Waals surface area contributed by atoms with Crippen LogP contribution in [0.4, 0.5) is 0 Å². The Labute approximate surface area is 157 Å². The molecule has 1 N–H and O–H groups in total. The van der Waals surface area contributed by atoms with Gasteiger partial charge in [-0.1, -0.05) is 78.5 Å². The van der Waals surface area contributed by atoms with Crippen LogP contribution >= 0.6 is 0 Å². The molecule has 1 aliphatic carbocycles. The maximum atomic E-state index is 4.26. The molecule has 2 nitrogen and oxygen atoms in total. The van der Waals surface area contributed by atoms with Crippen LogP contribution in [0.3, 0.4) is 0 Å². The molecule has 0 heterocycles. The van der Waals surface area contributed by atoms with Crippen LogP contribution in [0.15, 0.2) is 37.2 Å². The van der Waals surface area contributed by atoms with Crippen molar-refractivity contribution in [3.8, 4) is 0 Å². The minimum absolute atomic E-state index is 0.573. The highest BCUT2D eigenvalue weighted by molar-refractivity contribution is 5.25. The summed E-state index contributed by atoms with van der Waals surface area (Å²) >= 11 is 0. The number of hydrogen-bond acceptors (Lipinski definition) is 2. The summed E-state index contributed by atoms with van der Waals surface area (Å²) in [6, 6.07) is 0.573. The second kappa shape index (κ2) is 13.1. The van der Waals surface area contributed by atoms with E-state index in [0.717, 1.165) is 30.3 Å². The van der Waals surface area contributed by atoms with Gasteiger partial charge in [-0.15, -0.1) is 0 Å². The van der Waals surface area contributed by atoms with Gasteiger partial charge in [-0.05, 0) is 43.4 Å². The summed E-state index contributed by atoms with van der Waals surface area (Å²) in [5.41, 5.74) is 2.09. The zero-order chi connectivity index (χ0) is 18.5. The summed E-state index contributed by atoms with van der Waals surface area (Å²) in [4.78, 5) is 2.35. The minimum Gasteiger partial charge on any atom is -0.385 e. The third kappa shape index (κ3) is 8.65. The van der Waals surface area contributed by atoms with Crippen molar-refractivity contribution in [1.82, 2.24) is 10.2 Å².